The van der Waals surface area contributed by atoms with E-state index in [1.165, 1.54) is 12.4 Å². The van der Waals surface area contributed by atoms with Crippen LogP contribution >= 0.6 is 0 Å². The molecule has 1 amide bonds. The maximum atomic E-state index is 13.0. The van der Waals surface area contributed by atoms with E-state index < -0.39 is 0 Å². The lowest BCUT2D eigenvalue weighted by Crippen LogP contribution is -2.41. The van der Waals surface area contributed by atoms with Gasteiger partial charge in [0, 0.05) is 48.9 Å². The van der Waals surface area contributed by atoms with E-state index in [4.69, 9.17) is 0 Å². The van der Waals surface area contributed by atoms with Crippen molar-refractivity contribution in [1.82, 2.24) is 29.9 Å². The first-order valence-corrected chi connectivity index (χ1v) is 10.7. The minimum Gasteiger partial charge on any atom is -0.356 e. The lowest BCUT2D eigenvalue weighted by molar-refractivity contribution is -0.120. The molecule has 166 valence electrons. The minimum atomic E-state index is -0.247. The molecule has 1 aromatic carbocycles. The molecule has 3 aromatic heterocycles. The summed E-state index contributed by atoms with van der Waals surface area (Å²) in [5, 5.41) is 13.7. The van der Waals surface area contributed by atoms with Gasteiger partial charge in [0.25, 0.3) is 5.56 Å². The average molecular weight is 442 g/mol. The van der Waals surface area contributed by atoms with E-state index >= 15 is 0 Å². The highest BCUT2D eigenvalue weighted by molar-refractivity contribution is 5.93. The Bertz CT molecular complexity index is 1280. The van der Waals surface area contributed by atoms with Gasteiger partial charge >= 0.3 is 0 Å². The molecular formula is C23H22N8O2. The molecule has 1 fully saturated rings. The average Bonchev–Trinajstić information content (AvgIpc) is 3.41. The predicted molar refractivity (Wildman–Crippen MR) is 123 cm³/mol. The van der Waals surface area contributed by atoms with Crippen LogP contribution in [-0.2, 0) is 4.79 Å². The summed E-state index contributed by atoms with van der Waals surface area (Å²) in [5.41, 5.74) is 1.98. The number of benzene rings is 1. The van der Waals surface area contributed by atoms with Gasteiger partial charge in [-0.3, -0.25) is 9.59 Å². The molecule has 10 nitrogen and oxygen atoms in total. The fourth-order valence-electron chi connectivity index (χ4n) is 3.91. The summed E-state index contributed by atoms with van der Waals surface area (Å²) < 4.78 is 1.69. The Labute approximate surface area is 189 Å². The number of anilines is 2. The molecule has 1 aliphatic rings. The SMILES string of the molecule is O=C(Nc1ccc(-c2ccc(=O)[nH]n2)cc1)[C@@H]1CCCN(c2cc(-n3cccn3)ncn2)C1. The van der Waals surface area contributed by atoms with Gasteiger partial charge in [-0.15, -0.1) is 0 Å². The Morgan fingerprint density at radius 2 is 1.94 bits per heavy atom. The van der Waals surface area contributed by atoms with Gasteiger partial charge in [-0.2, -0.15) is 10.2 Å². The molecule has 0 bridgehead atoms. The summed E-state index contributed by atoms with van der Waals surface area (Å²) in [6, 6.07) is 14.2. The molecule has 1 saturated heterocycles. The minimum absolute atomic E-state index is 0.0176. The third-order valence-electron chi connectivity index (χ3n) is 5.62. The third-order valence-corrected chi connectivity index (χ3v) is 5.62. The van der Waals surface area contributed by atoms with Crippen LogP contribution in [0.25, 0.3) is 17.1 Å². The number of carbonyl (C=O) groups is 1. The van der Waals surface area contributed by atoms with Crippen molar-refractivity contribution in [2.45, 2.75) is 12.8 Å². The fourth-order valence-corrected chi connectivity index (χ4v) is 3.91. The van der Waals surface area contributed by atoms with Gasteiger partial charge in [0.15, 0.2) is 5.82 Å². The monoisotopic (exact) mass is 442 g/mol. The Balaban J connectivity index is 1.24. The Morgan fingerprint density at radius 3 is 2.70 bits per heavy atom. The quantitative estimate of drug-likeness (QED) is 0.486. The summed E-state index contributed by atoms with van der Waals surface area (Å²) >= 11 is 0. The van der Waals surface area contributed by atoms with Crippen molar-refractivity contribution in [2.24, 2.45) is 5.92 Å². The molecule has 0 radical (unpaired) electrons. The van der Waals surface area contributed by atoms with E-state index in [1.807, 2.05) is 42.6 Å². The largest absolute Gasteiger partial charge is 0.356 e. The van der Waals surface area contributed by atoms with Crippen LogP contribution in [0.15, 0.2) is 72.0 Å². The molecule has 4 heterocycles. The number of rotatable bonds is 5. The van der Waals surface area contributed by atoms with E-state index in [1.54, 1.807) is 16.9 Å². The van der Waals surface area contributed by atoms with Crippen molar-refractivity contribution < 1.29 is 4.79 Å². The Hall–Kier alpha value is -4.34. The van der Waals surface area contributed by atoms with Gasteiger partial charge in [0.1, 0.15) is 12.1 Å². The number of hydrogen-bond acceptors (Lipinski definition) is 7. The summed E-state index contributed by atoms with van der Waals surface area (Å²) in [4.78, 5) is 34.9. The van der Waals surface area contributed by atoms with Crippen molar-refractivity contribution in [3.63, 3.8) is 0 Å². The molecule has 0 aliphatic carbocycles. The van der Waals surface area contributed by atoms with Crippen LogP contribution < -0.4 is 15.8 Å². The number of piperidine rings is 1. The Kier molecular flexibility index (Phi) is 5.62. The van der Waals surface area contributed by atoms with Crippen molar-refractivity contribution in [2.75, 3.05) is 23.3 Å². The van der Waals surface area contributed by atoms with Crippen LogP contribution in [0, 0.1) is 5.92 Å². The van der Waals surface area contributed by atoms with Crippen LogP contribution in [0.1, 0.15) is 12.8 Å². The first-order chi connectivity index (χ1) is 16.2. The van der Waals surface area contributed by atoms with E-state index in [0.29, 0.717) is 23.7 Å². The number of nitrogens with zero attached hydrogens (tertiary/aromatic N) is 6. The molecule has 0 unspecified atom stereocenters. The maximum Gasteiger partial charge on any atom is 0.264 e. The lowest BCUT2D eigenvalue weighted by atomic mass is 9.97. The molecular weight excluding hydrogens is 420 g/mol. The number of H-pyrrole nitrogens is 1. The molecule has 1 atom stereocenters. The number of aromatic nitrogens is 6. The zero-order valence-corrected chi connectivity index (χ0v) is 17.8. The summed E-state index contributed by atoms with van der Waals surface area (Å²) in [5.74, 6) is 1.30. The highest BCUT2D eigenvalue weighted by Crippen LogP contribution is 2.24. The maximum absolute atomic E-state index is 13.0. The molecule has 1 aliphatic heterocycles. The number of amides is 1. The van der Waals surface area contributed by atoms with E-state index in [-0.39, 0.29) is 17.4 Å². The molecule has 0 saturated carbocycles. The van der Waals surface area contributed by atoms with Crippen molar-refractivity contribution in [3.05, 3.63) is 77.6 Å². The molecule has 2 N–H and O–H groups in total. The van der Waals surface area contributed by atoms with Crippen LogP contribution in [0.3, 0.4) is 0 Å². The standard InChI is InChI=1S/C23H22N8O2/c32-22-9-8-19(28-29-22)16-4-6-18(7-5-16)27-23(33)17-3-1-11-30(14-17)20-13-21(25-15-24-20)31-12-2-10-26-31/h2,4-10,12-13,15,17H,1,3,11,14H2,(H,27,33)(H,29,32)/t17-/m1/s1. The normalized spacial score (nSPS) is 15.9. The second kappa shape index (κ2) is 9.03. The first kappa shape index (κ1) is 20.6. The van der Waals surface area contributed by atoms with Gasteiger partial charge in [0.2, 0.25) is 5.91 Å². The molecule has 33 heavy (non-hydrogen) atoms. The van der Waals surface area contributed by atoms with Crippen LogP contribution in [0.5, 0.6) is 0 Å². The zero-order valence-electron chi connectivity index (χ0n) is 17.8. The number of nitrogens with one attached hydrogen (secondary N) is 2. The van der Waals surface area contributed by atoms with Crippen LogP contribution in [0.2, 0.25) is 0 Å². The third kappa shape index (κ3) is 4.64. The van der Waals surface area contributed by atoms with Crippen molar-refractivity contribution in [3.8, 4) is 17.1 Å². The smallest absolute Gasteiger partial charge is 0.264 e. The number of aromatic amines is 1. The molecule has 5 rings (SSSR count). The molecule has 4 aromatic rings. The highest BCUT2D eigenvalue weighted by atomic mass is 16.2. The second-order valence-electron chi connectivity index (χ2n) is 7.84. The Morgan fingerprint density at radius 1 is 1.09 bits per heavy atom. The molecule has 0 spiro atoms. The zero-order chi connectivity index (χ0) is 22.6. The second-order valence-corrected chi connectivity index (χ2v) is 7.84. The predicted octanol–water partition coefficient (Wildman–Crippen LogP) is 2.27. The molecule has 10 heteroatoms. The first-order valence-electron chi connectivity index (χ1n) is 10.7. The van der Waals surface area contributed by atoms with E-state index in [0.717, 1.165) is 30.8 Å². The summed E-state index contributed by atoms with van der Waals surface area (Å²) in [7, 11) is 0. The highest BCUT2D eigenvalue weighted by Gasteiger charge is 2.27. The van der Waals surface area contributed by atoms with Gasteiger partial charge in [-0.05, 0) is 37.1 Å². The fraction of sp³-hybridized carbons (Fsp3) is 0.217. The van der Waals surface area contributed by atoms with Crippen LogP contribution in [-0.4, -0.2) is 48.9 Å². The van der Waals surface area contributed by atoms with Gasteiger partial charge in [0.05, 0.1) is 11.6 Å². The van der Waals surface area contributed by atoms with Gasteiger partial charge < -0.3 is 10.2 Å². The van der Waals surface area contributed by atoms with Crippen LogP contribution in [0.4, 0.5) is 11.5 Å². The topological polar surface area (TPSA) is 122 Å². The number of carbonyl (C=O) groups excluding carboxylic acids is 1. The van der Waals surface area contributed by atoms with Gasteiger partial charge in [-0.25, -0.2) is 19.7 Å². The lowest BCUT2D eigenvalue weighted by Gasteiger charge is -2.32. The van der Waals surface area contributed by atoms with Crippen molar-refractivity contribution in [1.29, 1.82) is 0 Å². The number of hydrogen-bond donors (Lipinski definition) is 2. The van der Waals surface area contributed by atoms with Gasteiger partial charge in [-0.1, -0.05) is 12.1 Å². The summed E-state index contributed by atoms with van der Waals surface area (Å²) in [6.45, 7) is 1.42. The van der Waals surface area contributed by atoms with Crippen molar-refractivity contribution >= 4 is 17.4 Å². The summed E-state index contributed by atoms with van der Waals surface area (Å²) in [6.07, 6.45) is 6.77. The van der Waals surface area contributed by atoms with E-state index in [2.05, 4.69) is 35.5 Å². The van der Waals surface area contributed by atoms with E-state index in [9.17, 15) is 9.59 Å².